The van der Waals surface area contributed by atoms with E-state index < -0.39 is 15.8 Å². The number of furan rings is 1. The van der Waals surface area contributed by atoms with Crippen LogP contribution in [0.1, 0.15) is 16.1 Å². The van der Waals surface area contributed by atoms with Crippen LogP contribution in [0.15, 0.2) is 47.1 Å². The maximum atomic E-state index is 12.9. The van der Waals surface area contributed by atoms with E-state index in [2.05, 4.69) is 0 Å². The van der Waals surface area contributed by atoms with E-state index in [0.717, 1.165) is 0 Å². The summed E-state index contributed by atoms with van der Waals surface area (Å²) in [4.78, 5) is 13.7. The van der Waals surface area contributed by atoms with Gasteiger partial charge in [0.25, 0.3) is 5.91 Å². The molecule has 2 heterocycles. The van der Waals surface area contributed by atoms with Gasteiger partial charge in [0.05, 0.1) is 12.0 Å². The molecule has 1 aliphatic heterocycles. The summed E-state index contributed by atoms with van der Waals surface area (Å²) in [6, 6.07) is 8.62. The summed E-state index contributed by atoms with van der Waals surface area (Å²) in [5.41, 5.74) is 0.533. The van der Waals surface area contributed by atoms with Gasteiger partial charge in [-0.05, 0) is 29.8 Å². The molecule has 0 N–H and O–H groups in total. The first kappa shape index (κ1) is 16.7. The summed E-state index contributed by atoms with van der Waals surface area (Å²) in [6.45, 7) is 1.08. The van der Waals surface area contributed by atoms with Gasteiger partial charge in [0, 0.05) is 26.2 Å². The molecule has 6 nitrogen and oxygen atoms in total. The third kappa shape index (κ3) is 3.65. The molecule has 24 heavy (non-hydrogen) atoms. The molecule has 0 atom stereocenters. The first-order chi connectivity index (χ1) is 11.5. The number of halogens is 1. The number of carbonyl (C=O) groups excluding carboxylic acids is 1. The van der Waals surface area contributed by atoms with E-state index in [1.54, 1.807) is 17.0 Å². The van der Waals surface area contributed by atoms with Gasteiger partial charge in [-0.2, -0.15) is 4.31 Å². The Morgan fingerprint density at radius 3 is 2.33 bits per heavy atom. The van der Waals surface area contributed by atoms with Crippen LogP contribution in [0.5, 0.6) is 0 Å². The molecule has 0 spiro atoms. The Labute approximate surface area is 139 Å². The van der Waals surface area contributed by atoms with Crippen molar-refractivity contribution in [2.75, 3.05) is 26.2 Å². The number of sulfonamides is 1. The van der Waals surface area contributed by atoms with Crippen molar-refractivity contribution in [1.82, 2.24) is 9.21 Å². The van der Waals surface area contributed by atoms with E-state index in [9.17, 15) is 17.6 Å². The fourth-order valence-corrected chi connectivity index (χ4v) is 4.12. The lowest BCUT2D eigenvalue weighted by Crippen LogP contribution is -2.50. The van der Waals surface area contributed by atoms with Crippen LogP contribution in [0.25, 0.3) is 0 Å². The third-order valence-corrected chi connectivity index (χ3v) is 5.76. The minimum absolute atomic E-state index is 0.181. The van der Waals surface area contributed by atoms with Gasteiger partial charge in [0.15, 0.2) is 5.76 Å². The Kier molecular flexibility index (Phi) is 4.68. The lowest BCUT2D eigenvalue weighted by molar-refractivity contribution is 0.0666. The number of nitrogens with zero attached hydrogens (tertiary/aromatic N) is 2. The number of carbonyl (C=O) groups is 1. The highest BCUT2D eigenvalue weighted by atomic mass is 32.2. The molecule has 1 amide bonds. The van der Waals surface area contributed by atoms with E-state index in [-0.39, 0.29) is 30.5 Å². The van der Waals surface area contributed by atoms with E-state index in [0.29, 0.717) is 18.7 Å². The highest BCUT2D eigenvalue weighted by Gasteiger charge is 2.30. The van der Waals surface area contributed by atoms with Crippen molar-refractivity contribution >= 4 is 15.9 Å². The quantitative estimate of drug-likeness (QED) is 0.840. The van der Waals surface area contributed by atoms with Crippen LogP contribution in [-0.4, -0.2) is 49.7 Å². The number of hydrogen-bond acceptors (Lipinski definition) is 4. The SMILES string of the molecule is O=C(c1ccco1)N1CCN(S(=O)(=O)Cc2ccc(F)cc2)CC1. The van der Waals surface area contributed by atoms with Crippen molar-refractivity contribution < 1.29 is 22.0 Å². The zero-order chi connectivity index (χ0) is 17.2. The number of benzene rings is 1. The highest BCUT2D eigenvalue weighted by molar-refractivity contribution is 7.88. The maximum absolute atomic E-state index is 12.9. The van der Waals surface area contributed by atoms with Crippen LogP contribution in [0.4, 0.5) is 4.39 Å². The van der Waals surface area contributed by atoms with Crippen molar-refractivity contribution in [3.63, 3.8) is 0 Å². The Bertz CT molecular complexity index is 795. The molecule has 1 saturated heterocycles. The molecule has 1 fully saturated rings. The van der Waals surface area contributed by atoms with Gasteiger partial charge < -0.3 is 9.32 Å². The van der Waals surface area contributed by atoms with Crippen LogP contribution in [0.3, 0.4) is 0 Å². The van der Waals surface area contributed by atoms with Crippen molar-refractivity contribution in [3.8, 4) is 0 Å². The van der Waals surface area contributed by atoms with Gasteiger partial charge in [-0.1, -0.05) is 12.1 Å². The Morgan fingerprint density at radius 2 is 1.75 bits per heavy atom. The summed E-state index contributed by atoms with van der Waals surface area (Å²) < 4.78 is 44.3. The van der Waals surface area contributed by atoms with Gasteiger partial charge >= 0.3 is 0 Å². The maximum Gasteiger partial charge on any atom is 0.289 e. The van der Waals surface area contributed by atoms with E-state index in [4.69, 9.17) is 4.42 Å². The van der Waals surface area contributed by atoms with Gasteiger partial charge in [-0.15, -0.1) is 0 Å². The second-order valence-electron chi connectivity index (χ2n) is 5.55. The van der Waals surface area contributed by atoms with Gasteiger partial charge in [-0.25, -0.2) is 12.8 Å². The first-order valence-electron chi connectivity index (χ1n) is 7.51. The lowest BCUT2D eigenvalue weighted by atomic mass is 10.2. The van der Waals surface area contributed by atoms with E-state index >= 15 is 0 Å². The standard InChI is InChI=1S/C16H17FN2O4S/c17-14-5-3-13(4-6-14)12-24(21,22)19-9-7-18(8-10-19)16(20)15-2-1-11-23-15/h1-6,11H,7-10,12H2. The molecule has 8 heteroatoms. The summed E-state index contributed by atoms with van der Waals surface area (Å²) in [5.74, 6) is -0.575. The van der Waals surface area contributed by atoms with Crippen LogP contribution >= 0.6 is 0 Å². The Morgan fingerprint density at radius 1 is 1.08 bits per heavy atom. The monoisotopic (exact) mass is 352 g/mol. The Hall–Kier alpha value is -2.19. The topological polar surface area (TPSA) is 70.8 Å². The molecular formula is C16H17FN2O4S. The molecule has 0 unspecified atom stereocenters. The predicted molar refractivity (Wildman–Crippen MR) is 85.2 cm³/mol. The number of rotatable bonds is 4. The highest BCUT2D eigenvalue weighted by Crippen LogP contribution is 2.16. The molecule has 128 valence electrons. The molecule has 2 aromatic rings. The van der Waals surface area contributed by atoms with Crippen molar-refractivity contribution in [1.29, 1.82) is 0 Å². The molecule has 0 radical (unpaired) electrons. The second-order valence-corrected chi connectivity index (χ2v) is 7.52. The van der Waals surface area contributed by atoms with Crippen molar-refractivity contribution in [2.24, 2.45) is 0 Å². The van der Waals surface area contributed by atoms with Crippen LogP contribution < -0.4 is 0 Å². The van der Waals surface area contributed by atoms with E-state index in [1.807, 2.05) is 0 Å². The summed E-state index contributed by atoms with van der Waals surface area (Å²) in [7, 11) is -3.50. The number of amides is 1. The minimum atomic E-state index is -3.50. The predicted octanol–water partition coefficient (Wildman–Crippen LogP) is 1.71. The zero-order valence-electron chi connectivity index (χ0n) is 12.9. The molecule has 1 aromatic heterocycles. The first-order valence-corrected chi connectivity index (χ1v) is 9.12. The molecule has 1 aliphatic rings. The van der Waals surface area contributed by atoms with Gasteiger partial charge in [-0.3, -0.25) is 4.79 Å². The molecule has 1 aromatic carbocycles. The van der Waals surface area contributed by atoms with Crippen LogP contribution in [-0.2, 0) is 15.8 Å². The average molecular weight is 352 g/mol. The fourth-order valence-electron chi connectivity index (χ4n) is 2.61. The normalized spacial score (nSPS) is 16.3. The smallest absolute Gasteiger partial charge is 0.289 e. The largest absolute Gasteiger partial charge is 0.459 e. The molecular weight excluding hydrogens is 335 g/mol. The van der Waals surface area contributed by atoms with Gasteiger partial charge in [0.1, 0.15) is 5.82 Å². The van der Waals surface area contributed by atoms with Crippen molar-refractivity contribution in [3.05, 3.63) is 59.8 Å². The molecule has 0 aliphatic carbocycles. The third-order valence-electron chi connectivity index (χ3n) is 3.91. The minimum Gasteiger partial charge on any atom is -0.459 e. The van der Waals surface area contributed by atoms with Crippen LogP contribution in [0.2, 0.25) is 0 Å². The summed E-state index contributed by atoms with van der Waals surface area (Å²) >= 11 is 0. The van der Waals surface area contributed by atoms with Gasteiger partial charge in [0.2, 0.25) is 10.0 Å². The molecule has 3 rings (SSSR count). The fraction of sp³-hybridized carbons (Fsp3) is 0.312. The number of piperazine rings is 1. The zero-order valence-corrected chi connectivity index (χ0v) is 13.7. The average Bonchev–Trinajstić information content (AvgIpc) is 3.11. The lowest BCUT2D eigenvalue weighted by Gasteiger charge is -2.33. The molecule has 0 bridgehead atoms. The summed E-state index contributed by atoms with van der Waals surface area (Å²) in [6.07, 6.45) is 1.43. The molecule has 0 saturated carbocycles. The number of hydrogen-bond donors (Lipinski definition) is 0. The Balaban J connectivity index is 1.61. The van der Waals surface area contributed by atoms with Crippen molar-refractivity contribution in [2.45, 2.75) is 5.75 Å². The van der Waals surface area contributed by atoms with E-state index in [1.165, 1.54) is 34.8 Å². The second kappa shape index (κ2) is 6.74. The van der Waals surface area contributed by atoms with Crippen LogP contribution in [0, 0.1) is 5.82 Å². The summed E-state index contributed by atoms with van der Waals surface area (Å²) in [5, 5.41) is 0.